The van der Waals surface area contributed by atoms with E-state index in [1.807, 2.05) is 31.2 Å². The Kier molecular flexibility index (Phi) is 6.46. The number of nitrogens with zero attached hydrogens (tertiary/aromatic N) is 1. The molecule has 7 nitrogen and oxygen atoms in total. The molecule has 0 aromatic heterocycles. The molecule has 2 aromatic rings. The van der Waals surface area contributed by atoms with Crippen LogP contribution in [0.25, 0.3) is 0 Å². The molecule has 1 N–H and O–H groups in total. The Hall–Kier alpha value is -2.29. The maximum Gasteiger partial charge on any atom is 0.240 e. The van der Waals surface area contributed by atoms with Crippen molar-refractivity contribution in [1.82, 2.24) is 9.62 Å². The first-order chi connectivity index (χ1) is 14.5. The van der Waals surface area contributed by atoms with Crippen molar-refractivity contribution in [3.8, 4) is 17.2 Å². The van der Waals surface area contributed by atoms with Crippen molar-refractivity contribution in [2.24, 2.45) is 0 Å². The summed E-state index contributed by atoms with van der Waals surface area (Å²) in [6.07, 6.45) is 1.56. The molecule has 0 atom stereocenters. The summed E-state index contributed by atoms with van der Waals surface area (Å²) < 4.78 is 45.3. The van der Waals surface area contributed by atoms with Crippen LogP contribution in [0.5, 0.6) is 17.2 Å². The molecule has 2 heterocycles. The monoisotopic (exact) mass is 432 g/mol. The summed E-state index contributed by atoms with van der Waals surface area (Å²) in [6, 6.07) is 12.6. The van der Waals surface area contributed by atoms with Gasteiger partial charge in [0.1, 0.15) is 19.8 Å². The number of hydrogen-bond acceptors (Lipinski definition) is 6. The van der Waals surface area contributed by atoms with E-state index < -0.39 is 10.0 Å². The van der Waals surface area contributed by atoms with Crippen molar-refractivity contribution in [3.05, 3.63) is 48.0 Å². The average molecular weight is 433 g/mol. The highest BCUT2D eigenvalue weighted by Crippen LogP contribution is 2.38. The minimum Gasteiger partial charge on any atom is -0.488 e. The quantitative estimate of drug-likeness (QED) is 0.725. The van der Waals surface area contributed by atoms with Gasteiger partial charge in [0.05, 0.1) is 4.90 Å². The van der Waals surface area contributed by atoms with Crippen LogP contribution in [0.15, 0.2) is 47.4 Å². The summed E-state index contributed by atoms with van der Waals surface area (Å²) in [5.41, 5.74) is 0.935. The van der Waals surface area contributed by atoms with Gasteiger partial charge in [-0.3, -0.25) is 4.90 Å². The summed E-state index contributed by atoms with van der Waals surface area (Å²) in [5, 5.41) is 0. The van der Waals surface area contributed by atoms with E-state index in [4.69, 9.17) is 14.2 Å². The Morgan fingerprint density at radius 1 is 1.10 bits per heavy atom. The van der Waals surface area contributed by atoms with E-state index in [1.54, 1.807) is 18.2 Å². The van der Waals surface area contributed by atoms with Crippen molar-refractivity contribution < 1.29 is 22.6 Å². The van der Waals surface area contributed by atoms with Crippen LogP contribution in [-0.2, 0) is 10.0 Å². The van der Waals surface area contributed by atoms with Crippen molar-refractivity contribution in [1.29, 1.82) is 0 Å². The lowest BCUT2D eigenvalue weighted by Gasteiger charge is -2.32. The van der Waals surface area contributed by atoms with E-state index in [0.29, 0.717) is 36.2 Å². The van der Waals surface area contributed by atoms with Crippen LogP contribution in [0.2, 0.25) is 0 Å². The van der Waals surface area contributed by atoms with E-state index in [-0.39, 0.29) is 6.04 Å². The molecule has 1 saturated heterocycles. The summed E-state index contributed by atoms with van der Waals surface area (Å²) in [6.45, 7) is 5.96. The largest absolute Gasteiger partial charge is 0.488 e. The van der Waals surface area contributed by atoms with Gasteiger partial charge in [-0.2, -0.15) is 0 Å². The van der Waals surface area contributed by atoms with Gasteiger partial charge in [0.15, 0.2) is 11.5 Å². The third-order valence-electron chi connectivity index (χ3n) is 5.40. The fourth-order valence-corrected chi connectivity index (χ4v) is 5.20. The molecule has 8 heteroatoms. The smallest absolute Gasteiger partial charge is 0.240 e. The van der Waals surface area contributed by atoms with Crippen molar-refractivity contribution in [3.63, 3.8) is 0 Å². The van der Waals surface area contributed by atoms with E-state index in [9.17, 15) is 8.42 Å². The molecule has 0 bridgehead atoms. The molecule has 0 spiro atoms. The number of fused-ring (bicyclic) bond motifs is 1. The van der Waals surface area contributed by atoms with Crippen molar-refractivity contribution in [2.75, 3.05) is 39.5 Å². The second kappa shape index (κ2) is 9.24. The van der Waals surface area contributed by atoms with E-state index in [1.165, 1.54) is 0 Å². The Balaban J connectivity index is 1.24. The Labute approximate surface area is 178 Å². The van der Waals surface area contributed by atoms with Crippen LogP contribution in [-0.4, -0.2) is 58.8 Å². The molecule has 2 aliphatic rings. The molecular weight excluding hydrogens is 404 g/mol. The Bertz CT molecular complexity index is 971. The van der Waals surface area contributed by atoms with Gasteiger partial charge in [0.25, 0.3) is 0 Å². The third kappa shape index (κ3) is 5.06. The number of benzene rings is 2. The normalized spacial score (nSPS) is 17.6. The van der Waals surface area contributed by atoms with Crippen LogP contribution in [0.4, 0.5) is 0 Å². The molecule has 2 aliphatic heterocycles. The number of aryl methyl sites for hydroxylation is 1. The highest BCUT2D eigenvalue weighted by molar-refractivity contribution is 7.89. The number of piperidine rings is 1. The number of nitrogens with one attached hydrogen (secondary N) is 1. The molecule has 0 saturated carbocycles. The van der Waals surface area contributed by atoms with Crippen molar-refractivity contribution in [2.45, 2.75) is 30.7 Å². The zero-order chi connectivity index (χ0) is 21.0. The van der Waals surface area contributed by atoms with E-state index in [0.717, 1.165) is 43.8 Å². The lowest BCUT2D eigenvalue weighted by atomic mass is 10.1. The predicted octanol–water partition coefficient (Wildman–Crippen LogP) is 2.59. The average Bonchev–Trinajstić information content (AvgIpc) is 2.75. The third-order valence-corrected chi connectivity index (χ3v) is 6.92. The zero-order valence-electron chi connectivity index (χ0n) is 17.2. The first-order valence-corrected chi connectivity index (χ1v) is 11.8. The van der Waals surface area contributed by atoms with Crippen LogP contribution in [0.3, 0.4) is 0 Å². The maximum atomic E-state index is 12.6. The van der Waals surface area contributed by atoms with Crippen LogP contribution in [0, 0.1) is 6.92 Å². The lowest BCUT2D eigenvalue weighted by molar-refractivity contribution is 0.149. The number of rotatable bonds is 7. The molecule has 0 amide bonds. The highest BCUT2D eigenvalue weighted by Gasteiger charge is 2.25. The van der Waals surface area contributed by atoms with Gasteiger partial charge < -0.3 is 14.2 Å². The van der Waals surface area contributed by atoms with Gasteiger partial charge in [0.2, 0.25) is 15.8 Å². The predicted molar refractivity (Wildman–Crippen MR) is 114 cm³/mol. The second-order valence-electron chi connectivity index (χ2n) is 7.68. The molecule has 0 radical (unpaired) electrons. The number of para-hydroxylation sites is 1. The number of ether oxygens (including phenoxy) is 3. The van der Waals surface area contributed by atoms with Crippen LogP contribution in [0.1, 0.15) is 18.4 Å². The number of sulfonamides is 1. The topological polar surface area (TPSA) is 77.1 Å². The second-order valence-corrected chi connectivity index (χ2v) is 9.40. The van der Waals surface area contributed by atoms with Gasteiger partial charge in [-0.1, -0.05) is 18.2 Å². The standard InChI is InChI=1S/C22H28N2O5S/c1-17-4-2-5-19(16-17)30(25,26)23-18-8-10-24(11-9-18)12-13-27-20-6-3-7-21-22(20)29-15-14-28-21/h2-7,16,18,23H,8-15H2,1H3. The first-order valence-electron chi connectivity index (χ1n) is 10.3. The Morgan fingerprint density at radius 3 is 2.67 bits per heavy atom. The lowest BCUT2D eigenvalue weighted by Crippen LogP contribution is -2.45. The first kappa shape index (κ1) is 21.0. The Morgan fingerprint density at radius 2 is 1.87 bits per heavy atom. The molecule has 0 aliphatic carbocycles. The fraction of sp³-hybridized carbons (Fsp3) is 0.455. The zero-order valence-corrected chi connectivity index (χ0v) is 18.0. The van der Waals surface area contributed by atoms with Crippen LogP contribution >= 0.6 is 0 Å². The summed E-state index contributed by atoms with van der Waals surface area (Å²) in [7, 11) is -3.48. The summed E-state index contributed by atoms with van der Waals surface area (Å²) in [4.78, 5) is 2.63. The van der Waals surface area contributed by atoms with E-state index >= 15 is 0 Å². The van der Waals surface area contributed by atoms with Gasteiger partial charge in [-0.25, -0.2) is 13.1 Å². The van der Waals surface area contributed by atoms with Crippen LogP contribution < -0.4 is 18.9 Å². The number of hydrogen-bond donors (Lipinski definition) is 1. The number of likely N-dealkylation sites (tertiary alicyclic amines) is 1. The molecular formula is C22H28N2O5S. The van der Waals surface area contributed by atoms with Gasteiger partial charge >= 0.3 is 0 Å². The minimum absolute atomic E-state index is 0.0422. The molecule has 30 heavy (non-hydrogen) atoms. The molecule has 1 fully saturated rings. The summed E-state index contributed by atoms with van der Waals surface area (Å²) in [5.74, 6) is 2.10. The maximum absolute atomic E-state index is 12.6. The van der Waals surface area contributed by atoms with Gasteiger partial charge in [-0.15, -0.1) is 0 Å². The molecule has 4 rings (SSSR count). The summed E-state index contributed by atoms with van der Waals surface area (Å²) >= 11 is 0. The minimum atomic E-state index is -3.48. The molecule has 2 aromatic carbocycles. The van der Waals surface area contributed by atoms with Gasteiger partial charge in [-0.05, 0) is 62.7 Å². The fourth-order valence-electron chi connectivity index (χ4n) is 3.79. The SMILES string of the molecule is Cc1cccc(S(=O)(=O)NC2CCN(CCOc3cccc4c3OCCO4)CC2)c1. The molecule has 162 valence electrons. The van der Waals surface area contributed by atoms with Gasteiger partial charge in [0, 0.05) is 12.6 Å². The highest BCUT2D eigenvalue weighted by atomic mass is 32.2. The van der Waals surface area contributed by atoms with E-state index in [2.05, 4.69) is 9.62 Å². The molecule has 0 unspecified atom stereocenters. The van der Waals surface area contributed by atoms with Crippen molar-refractivity contribution >= 4 is 10.0 Å².